The molecule has 6 heteroatoms. The first-order chi connectivity index (χ1) is 15.9. The highest BCUT2D eigenvalue weighted by Gasteiger charge is 2.41. The molecular weight excluding hydrogens is 421 g/mol. The predicted molar refractivity (Wildman–Crippen MR) is 124 cm³/mol. The van der Waals surface area contributed by atoms with E-state index in [0.717, 1.165) is 36.8 Å². The van der Waals surface area contributed by atoms with E-state index >= 15 is 0 Å². The van der Waals surface area contributed by atoms with Gasteiger partial charge in [0.2, 0.25) is 5.91 Å². The molecule has 2 N–H and O–H groups in total. The average molecular weight is 452 g/mol. The van der Waals surface area contributed by atoms with Crippen LogP contribution in [0.2, 0.25) is 0 Å². The van der Waals surface area contributed by atoms with Crippen molar-refractivity contribution in [1.82, 2.24) is 4.90 Å². The first-order valence-electron chi connectivity index (χ1n) is 11.6. The van der Waals surface area contributed by atoms with Crippen LogP contribution in [-0.4, -0.2) is 45.7 Å². The summed E-state index contributed by atoms with van der Waals surface area (Å²) in [4.78, 5) is 25.3. The molecule has 1 saturated carbocycles. The molecule has 2 atom stereocenters. The van der Waals surface area contributed by atoms with E-state index in [1.54, 1.807) is 36.4 Å². The van der Waals surface area contributed by atoms with Gasteiger partial charge in [-0.1, -0.05) is 49.3 Å². The van der Waals surface area contributed by atoms with Crippen LogP contribution in [0, 0.1) is 5.82 Å². The summed E-state index contributed by atoms with van der Waals surface area (Å²) < 4.78 is 13.4. The third-order valence-electron chi connectivity index (χ3n) is 7.21. The summed E-state index contributed by atoms with van der Waals surface area (Å²) in [6, 6.07) is 13.1. The van der Waals surface area contributed by atoms with Gasteiger partial charge in [0.15, 0.2) is 0 Å². The molecule has 2 aromatic rings. The standard InChI is InChI=1S/C27H30FNO4/c28-22-9-7-21(8-10-22)27(16-1-2-17-27)24(30)13-11-23-12-14-25(31)29(23)18-15-19-3-5-20(6-4-19)26(32)33/h3-11,13,23-24,30H,1-2,12,14-18H2,(H,32,33). The van der Waals surface area contributed by atoms with E-state index in [2.05, 4.69) is 0 Å². The van der Waals surface area contributed by atoms with Gasteiger partial charge in [-0.25, -0.2) is 9.18 Å². The van der Waals surface area contributed by atoms with Gasteiger partial charge in [0, 0.05) is 18.4 Å². The van der Waals surface area contributed by atoms with Gasteiger partial charge >= 0.3 is 5.97 Å². The molecule has 33 heavy (non-hydrogen) atoms. The van der Waals surface area contributed by atoms with Crippen molar-refractivity contribution in [3.8, 4) is 0 Å². The lowest BCUT2D eigenvalue weighted by Gasteiger charge is -2.34. The normalized spacial score (nSPS) is 21.1. The van der Waals surface area contributed by atoms with E-state index in [4.69, 9.17) is 5.11 Å². The van der Waals surface area contributed by atoms with Crippen molar-refractivity contribution in [2.24, 2.45) is 0 Å². The Hall–Kier alpha value is -2.99. The number of hydrogen-bond acceptors (Lipinski definition) is 3. The molecule has 4 rings (SSSR count). The largest absolute Gasteiger partial charge is 0.478 e. The quantitative estimate of drug-likeness (QED) is 0.580. The second kappa shape index (κ2) is 9.87. The molecule has 1 amide bonds. The van der Waals surface area contributed by atoms with E-state index < -0.39 is 17.5 Å². The van der Waals surface area contributed by atoms with Crippen LogP contribution in [0.5, 0.6) is 0 Å². The number of rotatable bonds is 8. The van der Waals surface area contributed by atoms with Crippen LogP contribution in [0.3, 0.4) is 0 Å². The van der Waals surface area contributed by atoms with Crippen LogP contribution in [0.1, 0.15) is 60.0 Å². The molecule has 0 aromatic heterocycles. The maximum Gasteiger partial charge on any atom is 0.335 e. The Labute approximate surface area is 193 Å². The molecule has 2 aromatic carbocycles. The van der Waals surface area contributed by atoms with Crippen LogP contribution >= 0.6 is 0 Å². The van der Waals surface area contributed by atoms with Crippen LogP contribution in [0.4, 0.5) is 4.39 Å². The van der Waals surface area contributed by atoms with Crippen molar-refractivity contribution in [2.45, 2.75) is 62.5 Å². The van der Waals surface area contributed by atoms with Crippen molar-refractivity contribution in [3.63, 3.8) is 0 Å². The van der Waals surface area contributed by atoms with Crippen molar-refractivity contribution in [1.29, 1.82) is 0 Å². The fourth-order valence-electron chi connectivity index (χ4n) is 5.27. The van der Waals surface area contributed by atoms with Gasteiger partial charge in [-0.2, -0.15) is 0 Å². The maximum atomic E-state index is 13.4. The molecule has 2 unspecified atom stereocenters. The summed E-state index contributed by atoms with van der Waals surface area (Å²) in [7, 11) is 0. The van der Waals surface area contributed by atoms with Crippen molar-refractivity contribution < 1.29 is 24.2 Å². The number of amides is 1. The molecule has 2 aliphatic rings. The summed E-state index contributed by atoms with van der Waals surface area (Å²) in [5, 5.41) is 20.2. The number of benzene rings is 2. The highest BCUT2D eigenvalue weighted by atomic mass is 19.1. The van der Waals surface area contributed by atoms with E-state index in [1.807, 2.05) is 17.1 Å². The molecular formula is C27H30FNO4. The lowest BCUT2D eigenvalue weighted by atomic mass is 9.74. The lowest BCUT2D eigenvalue weighted by molar-refractivity contribution is -0.128. The van der Waals surface area contributed by atoms with Crippen LogP contribution < -0.4 is 0 Å². The number of likely N-dealkylation sites (tertiary alicyclic amines) is 1. The number of carboxylic acids is 1. The molecule has 1 saturated heterocycles. The van der Waals surface area contributed by atoms with Crippen molar-refractivity contribution in [2.75, 3.05) is 6.54 Å². The average Bonchev–Trinajstić information content (AvgIpc) is 3.44. The minimum absolute atomic E-state index is 0.0721. The Bertz CT molecular complexity index is 1010. The Morgan fingerprint density at radius 3 is 2.42 bits per heavy atom. The number of halogens is 1. The first kappa shape index (κ1) is 23.2. The number of carbonyl (C=O) groups excluding carboxylic acids is 1. The van der Waals surface area contributed by atoms with E-state index in [9.17, 15) is 19.1 Å². The summed E-state index contributed by atoms with van der Waals surface area (Å²) in [6.45, 7) is 0.541. The smallest absolute Gasteiger partial charge is 0.335 e. The Morgan fingerprint density at radius 1 is 1.12 bits per heavy atom. The summed E-state index contributed by atoms with van der Waals surface area (Å²) in [5.41, 5.74) is 1.77. The van der Waals surface area contributed by atoms with Crippen LogP contribution in [0.25, 0.3) is 0 Å². The number of hydrogen-bond donors (Lipinski definition) is 2. The molecule has 1 aliphatic carbocycles. The summed E-state index contributed by atoms with van der Waals surface area (Å²) in [6.07, 6.45) is 8.65. The van der Waals surface area contributed by atoms with Crippen LogP contribution in [0.15, 0.2) is 60.7 Å². The van der Waals surface area contributed by atoms with Gasteiger partial charge in [-0.15, -0.1) is 0 Å². The van der Waals surface area contributed by atoms with Crippen molar-refractivity contribution >= 4 is 11.9 Å². The minimum atomic E-state index is -0.958. The van der Waals surface area contributed by atoms with Gasteiger partial charge in [-0.05, 0) is 61.1 Å². The van der Waals surface area contributed by atoms with Gasteiger partial charge in [0.05, 0.1) is 17.7 Å². The zero-order valence-electron chi connectivity index (χ0n) is 18.6. The van der Waals surface area contributed by atoms with E-state index in [0.29, 0.717) is 25.8 Å². The van der Waals surface area contributed by atoms with Gasteiger partial charge in [0.1, 0.15) is 5.82 Å². The second-order valence-corrected chi connectivity index (χ2v) is 9.15. The topological polar surface area (TPSA) is 77.8 Å². The van der Waals surface area contributed by atoms with E-state index in [-0.39, 0.29) is 23.3 Å². The molecule has 5 nitrogen and oxygen atoms in total. The maximum absolute atomic E-state index is 13.4. The SMILES string of the molecule is O=C(O)c1ccc(CCN2C(=O)CCC2C=CC(O)C2(c3ccc(F)cc3)CCCC2)cc1. The van der Waals surface area contributed by atoms with Gasteiger partial charge in [0.25, 0.3) is 0 Å². The highest BCUT2D eigenvalue weighted by Crippen LogP contribution is 2.44. The second-order valence-electron chi connectivity index (χ2n) is 9.15. The number of nitrogens with zero attached hydrogens (tertiary/aromatic N) is 1. The lowest BCUT2D eigenvalue weighted by Crippen LogP contribution is -2.37. The molecule has 1 heterocycles. The fourth-order valence-corrected chi connectivity index (χ4v) is 5.27. The number of aliphatic hydroxyl groups excluding tert-OH is 1. The highest BCUT2D eigenvalue weighted by molar-refractivity contribution is 5.87. The summed E-state index contributed by atoms with van der Waals surface area (Å²) >= 11 is 0. The minimum Gasteiger partial charge on any atom is -0.478 e. The molecule has 2 fully saturated rings. The molecule has 0 spiro atoms. The van der Waals surface area contributed by atoms with Crippen LogP contribution in [-0.2, 0) is 16.6 Å². The zero-order chi connectivity index (χ0) is 23.4. The molecule has 0 radical (unpaired) electrons. The Balaban J connectivity index is 1.43. The third kappa shape index (κ3) is 5.01. The van der Waals surface area contributed by atoms with Gasteiger partial charge in [-0.3, -0.25) is 4.79 Å². The molecule has 1 aliphatic heterocycles. The van der Waals surface area contributed by atoms with Crippen molar-refractivity contribution in [3.05, 3.63) is 83.2 Å². The summed E-state index contributed by atoms with van der Waals surface area (Å²) in [5.74, 6) is -1.15. The monoisotopic (exact) mass is 451 g/mol. The number of aliphatic hydroxyl groups is 1. The zero-order valence-corrected chi connectivity index (χ0v) is 18.6. The van der Waals surface area contributed by atoms with Gasteiger partial charge < -0.3 is 15.1 Å². The number of carbonyl (C=O) groups is 2. The predicted octanol–water partition coefficient (Wildman–Crippen LogP) is 4.49. The third-order valence-corrected chi connectivity index (χ3v) is 7.21. The first-order valence-corrected chi connectivity index (χ1v) is 11.6. The fraction of sp³-hybridized carbons (Fsp3) is 0.407. The Morgan fingerprint density at radius 2 is 1.79 bits per heavy atom. The number of aromatic carboxylic acids is 1. The molecule has 0 bridgehead atoms. The molecule has 174 valence electrons. The van der Waals surface area contributed by atoms with E-state index in [1.165, 1.54) is 12.1 Å². The Kier molecular flexibility index (Phi) is 6.94. The number of carboxylic acid groups (broad SMARTS) is 1.